The van der Waals surface area contributed by atoms with Crippen LogP contribution >= 0.6 is 0 Å². The lowest BCUT2D eigenvalue weighted by molar-refractivity contribution is 0.0952. The summed E-state index contributed by atoms with van der Waals surface area (Å²) in [5, 5.41) is 0. The van der Waals surface area contributed by atoms with Crippen LogP contribution in [0.25, 0.3) is 0 Å². The molecule has 0 radical (unpaired) electrons. The smallest absolute Gasteiger partial charge is 0.197 e. The van der Waals surface area contributed by atoms with E-state index in [0.717, 1.165) is 32.2 Å². The van der Waals surface area contributed by atoms with Gasteiger partial charge in [0.2, 0.25) is 0 Å². The van der Waals surface area contributed by atoms with E-state index in [1.807, 2.05) is 0 Å². The van der Waals surface area contributed by atoms with E-state index >= 15 is 0 Å². The molecule has 3 heteroatoms. The highest BCUT2D eigenvalue weighted by Gasteiger charge is 2.07. The maximum atomic E-state index is 11.4. The van der Waals surface area contributed by atoms with Crippen molar-refractivity contribution in [1.82, 2.24) is 0 Å². The third-order valence-electron chi connectivity index (χ3n) is 2.15. The number of nitrogens with two attached hydrogens (primary N) is 1. The third-order valence-corrected chi connectivity index (χ3v) is 2.15. The molecular weight excluding hydrogens is 178 g/mol. The van der Waals surface area contributed by atoms with Gasteiger partial charge in [-0.15, -0.1) is 0 Å². The second-order valence-electron chi connectivity index (χ2n) is 3.35. The number of Topliss-reactive ketones (excluding diaryl/α,β-unsaturated/α-hetero) is 1. The van der Waals surface area contributed by atoms with Crippen LogP contribution in [0.3, 0.4) is 0 Å². The molecule has 1 rings (SSSR count). The molecule has 0 spiro atoms. The van der Waals surface area contributed by atoms with Crippen LogP contribution in [-0.4, -0.2) is 12.3 Å². The highest BCUT2D eigenvalue weighted by atomic mass is 16.3. The number of furan rings is 1. The number of carbonyl (C=O) groups is 1. The molecule has 3 nitrogen and oxygen atoms in total. The quantitative estimate of drug-likeness (QED) is 0.536. The first-order chi connectivity index (χ1) is 6.84. The van der Waals surface area contributed by atoms with Crippen LogP contribution < -0.4 is 5.73 Å². The molecule has 2 N–H and O–H groups in total. The van der Waals surface area contributed by atoms with Crippen LogP contribution in [0.4, 0.5) is 0 Å². The Labute approximate surface area is 84.3 Å². The van der Waals surface area contributed by atoms with Gasteiger partial charge in [0.25, 0.3) is 0 Å². The van der Waals surface area contributed by atoms with Gasteiger partial charge in [-0.1, -0.05) is 12.8 Å². The van der Waals surface area contributed by atoms with Crippen LogP contribution in [0.5, 0.6) is 0 Å². The van der Waals surface area contributed by atoms with Gasteiger partial charge in [-0.05, 0) is 31.5 Å². The van der Waals surface area contributed by atoms with Crippen molar-refractivity contribution < 1.29 is 9.21 Å². The number of rotatable bonds is 7. The Morgan fingerprint density at radius 3 is 2.71 bits per heavy atom. The fourth-order valence-corrected chi connectivity index (χ4v) is 1.34. The van der Waals surface area contributed by atoms with Gasteiger partial charge in [-0.2, -0.15) is 0 Å². The minimum atomic E-state index is 0.0998. The Kier molecular flexibility index (Phi) is 5.00. The molecule has 0 atom stereocenters. The second-order valence-corrected chi connectivity index (χ2v) is 3.35. The van der Waals surface area contributed by atoms with E-state index in [4.69, 9.17) is 10.2 Å². The molecule has 0 aliphatic rings. The molecule has 0 saturated carbocycles. The normalized spacial score (nSPS) is 10.4. The summed E-state index contributed by atoms with van der Waals surface area (Å²) in [6.07, 6.45) is 6.28. The van der Waals surface area contributed by atoms with Crippen molar-refractivity contribution in [3.05, 3.63) is 24.2 Å². The molecule has 1 heterocycles. The third kappa shape index (κ3) is 3.75. The van der Waals surface area contributed by atoms with Crippen molar-refractivity contribution in [1.29, 1.82) is 0 Å². The molecule has 78 valence electrons. The average molecular weight is 195 g/mol. The molecule has 0 aliphatic heterocycles. The van der Waals surface area contributed by atoms with Gasteiger partial charge in [0.1, 0.15) is 0 Å². The number of unbranched alkanes of at least 4 members (excludes halogenated alkanes) is 3. The lowest BCUT2D eigenvalue weighted by atomic mass is 10.1. The Morgan fingerprint density at radius 1 is 1.29 bits per heavy atom. The molecule has 0 amide bonds. The van der Waals surface area contributed by atoms with Crippen LogP contribution in [0, 0.1) is 0 Å². The summed E-state index contributed by atoms with van der Waals surface area (Å²) in [5.74, 6) is 0.576. The molecule has 0 unspecified atom stereocenters. The largest absolute Gasteiger partial charge is 0.461 e. The molecular formula is C11H17NO2. The Hall–Kier alpha value is -1.09. The summed E-state index contributed by atoms with van der Waals surface area (Å²) < 4.78 is 5.00. The molecule has 1 aromatic rings. The summed E-state index contributed by atoms with van der Waals surface area (Å²) in [6.45, 7) is 0.742. The highest BCUT2D eigenvalue weighted by molar-refractivity contribution is 5.93. The summed E-state index contributed by atoms with van der Waals surface area (Å²) in [4.78, 5) is 11.4. The standard InChI is InChI=1S/C11H17NO2/c12-8-4-2-1-3-6-10(13)11-7-5-9-14-11/h5,7,9H,1-4,6,8,12H2. The van der Waals surface area contributed by atoms with E-state index < -0.39 is 0 Å². The number of carbonyl (C=O) groups excluding carboxylic acids is 1. The SMILES string of the molecule is NCCCCCCC(=O)c1ccco1. The molecule has 0 bridgehead atoms. The zero-order valence-electron chi connectivity index (χ0n) is 8.37. The predicted octanol–water partition coefficient (Wildman–Crippen LogP) is 2.37. The predicted molar refractivity (Wildman–Crippen MR) is 55.2 cm³/mol. The van der Waals surface area contributed by atoms with Gasteiger partial charge >= 0.3 is 0 Å². The summed E-state index contributed by atoms with van der Waals surface area (Å²) in [7, 11) is 0. The van der Waals surface area contributed by atoms with Gasteiger partial charge in [-0.25, -0.2) is 0 Å². The summed E-state index contributed by atoms with van der Waals surface area (Å²) in [5.41, 5.74) is 5.37. The minimum Gasteiger partial charge on any atom is -0.461 e. The van der Waals surface area contributed by atoms with Crippen molar-refractivity contribution in [2.75, 3.05) is 6.54 Å². The maximum absolute atomic E-state index is 11.4. The van der Waals surface area contributed by atoms with Crippen LogP contribution in [-0.2, 0) is 0 Å². The Bertz CT molecular complexity index is 254. The van der Waals surface area contributed by atoms with Crippen LogP contribution in [0.15, 0.2) is 22.8 Å². The van der Waals surface area contributed by atoms with Crippen molar-refractivity contribution in [2.24, 2.45) is 5.73 Å². The van der Waals surface area contributed by atoms with Gasteiger partial charge in [0.15, 0.2) is 11.5 Å². The van der Waals surface area contributed by atoms with E-state index in [1.54, 1.807) is 12.1 Å². The van der Waals surface area contributed by atoms with E-state index in [9.17, 15) is 4.79 Å². The van der Waals surface area contributed by atoms with Crippen molar-refractivity contribution in [3.8, 4) is 0 Å². The zero-order valence-corrected chi connectivity index (χ0v) is 8.37. The fraction of sp³-hybridized carbons (Fsp3) is 0.545. The fourth-order valence-electron chi connectivity index (χ4n) is 1.34. The van der Waals surface area contributed by atoms with Crippen molar-refractivity contribution in [3.63, 3.8) is 0 Å². The topological polar surface area (TPSA) is 56.2 Å². The maximum Gasteiger partial charge on any atom is 0.197 e. The lowest BCUT2D eigenvalue weighted by Crippen LogP contribution is -1.99. The average Bonchev–Trinajstić information content (AvgIpc) is 2.70. The van der Waals surface area contributed by atoms with Crippen LogP contribution in [0.1, 0.15) is 42.7 Å². The first-order valence-electron chi connectivity index (χ1n) is 5.11. The van der Waals surface area contributed by atoms with Gasteiger partial charge in [0.05, 0.1) is 6.26 Å². The minimum absolute atomic E-state index is 0.0998. The zero-order chi connectivity index (χ0) is 10.2. The van der Waals surface area contributed by atoms with E-state index in [0.29, 0.717) is 12.2 Å². The van der Waals surface area contributed by atoms with E-state index in [2.05, 4.69) is 0 Å². The summed E-state index contributed by atoms with van der Waals surface area (Å²) in [6, 6.07) is 3.45. The molecule has 14 heavy (non-hydrogen) atoms. The van der Waals surface area contributed by atoms with E-state index in [1.165, 1.54) is 6.26 Å². The van der Waals surface area contributed by atoms with Gasteiger partial charge in [-0.3, -0.25) is 4.79 Å². The number of hydrogen-bond acceptors (Lipinski definition) is 3. The number of ketones is 1. The molecule has 1 aromatic heterocycles. The molecule has 0 fully saturated rings. The van der Waals surface area contributed by atoms with Gasteiger partial charge in [0, 0.05) is 6.42 Å². The second kappa shape index (κ2) is 6.38. The number of hydrogen-bond donors (Lipinski definition) is 1. The highest BCUT2D eigenvalue weighted by Crippen LogP contribution is 2.09. The first-order valence-corrected chi connectivity index (χ1v) is 5.11. The summed E-state index contributed by atoms with van der Waals surface area (Å²) >= 11 is 0. The molecule has 0 aromatic carbocycles. The van der Waals surface area contributed by atoms with Crippen molar-refractivity contribution >= 4 is 5.78 Å². The lowest BCUT2D eigenvalue weighted by Gasteiger charge is -1.98. The Morgan fingerprint density at radius 2 is 2.07 bits per heavy atom. The van der Waals surface area contributed by atoms with Crippen molar-refractivity contribution in [2.45, 2.75) is 32.1 Å². The Balaban J connectivity index is 2.10. The monoisotopic (exact) mass is 195 g/mol. The van der Waals surface area contributed by atoms with Gasteiger partial charge < -0.3 is 10.2 Å². The molecule has 0 aliphatic carbocycles. The van der Waals surface area contributed by atoms with Crippen LogP contribution in [0.2, 0.25) is 0 Å². The molecule has 0 saturated heterocycles. The van der Waals surface area contributed by atoms with E-state index in [-0.39, 0.29) is 5.78 Å². The first kappa shape index (κ1) is 11.0.